The number of hydrogen-bond acceptors (Lipinski definition) is 7. The zero-order chi connectivity index (χ0) is 31.6. The molecule has 0 aromatic heterocycles. The van der Waals surface area contributed by atoms with Crippen LogP contribution in [0.4, 0.5) is 11.4 Å². The van der Waals surface area contributed by atoms with E-state index in [1.807, 2.05) is 61.5 Å². The smallest absolute Gasteiger partial charge is 0.311 e. The molecule has 1 N–H and O–H groups in total. The second-order valence-electron chi connectivity index (χ2n) is 11.9. The lowest BCUT2D eigenvalue weighted by Gasteiger charge is -2.39. The molecule has 44 heavy (non-hydrogen) atoms. The molecule has 2 aromatic carbocycles. The zero-order valence-electron chi connectivity index (χ0n) is 25.9. The lowest BCUT2D eigenvalue weighted by molar-refractivity contribution is -0.155. The van der Waals surface area contributed by atoms with Gasteiger partial charge in [-0.15, -0.1) is 18.3 Å². The van der Waals surface area contributed by atoms with E-state index in [0.29, 0.717) is 18.5 Å². The maximum absolute atomic E-state index is 15.0. The highest BCUT2D eigenvalue weighted by atomic mass is 32.2. The topological polar surface area (TPSA) is 90.4 Å². The highest BCUT2D eigenvalue weighted by Gasteiger charge is 2.78. The van der Waals surface area contributed by atoms with Crippen molar-refractivity contribution in [2.24, 2.45) is 11.8 Å². The number of carbonyl (C=O) groups excluding carboxylic acids is 3. The normalized spacial score (nSPS) is 27.5. The minimum Gasteiger partial charge on any atom is -0.461 e. The summed E-state index contributed by atoms with van der Waals surface area (Å²) >= 11 is 1.58. The minimum atomic E-state index is -0.913. The standard InChI is InChI=1S/C35H43N3O5S/c1-6-21-37(26-17-15-25(16-18-26)36(8-3)9-4)32(41)30-35-20-19-34(5,44-35)29(33(42)43-22-7-2)28(35)31(40)38(30)27(23-39)24-13-11-10-12-14-24/h6-7,10-18,27-30,39H,1-2,8-9,19-23H2,3-5H3/t27-,28+,29-,30?,34+,35?/m1/s1. The Bertz CT molecular complexity index is 1400. The Kier molecular flexibility index (Phi) is 9.28. The van der Waals surface area contributed by atoms with E-state index in [9.17, 15) is 14.7 Å². The molecule has 3 saturated heterocycles. The summed E-state index contributed by atoms with van der Waals surface area (Å²) in [5.74, 6) is -2.46. The Hall–Kier alpha value is -3.56. The molecule has 5 rings (SSSR count). The fourth-order valence-corrected chi connectivity index (χ4v) is 9.95. The van der Waals surface area contributed by atoms with E-state index in [1.54, 1.807) is 27.6 Å². The summed E-state index contributed by atoms with van der Waals surface area (Å²) in [5.41, 5.74) is 2.49. The minimum absolute atomic E-state index is 0.0515. The van der Waals surface area contributed by atoms with Crippen LogP contribution in [0.5, 0.6) is 0 Å². The van der Waals surface area contributed by atoms with Crippen LogP contribution in [0.2, 0.25) is 0 Å². The van der Waals surface area contributed by atoms with Crippen molar-refractivity contribution < 1.29 is 24.2 Å². The molecule has 2 aromatic rings. The van der Waals surface area contributed by atoms with Gasteiger partial charge in [0.15, 0.2) is 0 Å². The van der Waals surface area contributed by atoms with Gasteiger partial charge in [0.25, 0.3) is 5.91 Å². The molecule has 3 fully saturated rings. The maximum Gasteiger partial charge on any atom is 0.311 e. The number of aliphatic hydroxyl groups is 1. The first-order valence-electron chi connectivity index (χ1n) is 15.4. The number of aliphatic hydroxyl groups excluding tert-OH is 1. The molecule has 8 nitrogen and oxygen atoms in total. The molecule has 234 valence electrons. The van der Waals surface area contributed by atoms with Crippen molar-refractivity contribution in [2.75, 3.05) is 42.6 Å². The Labute approximate surface area is 264 Å². The van der Waals surface area contributed by atoms with Crippen LogP contribution in [0, 0.1) is 11.8 Å². The van der Waals surface area contributed by atoms with Gasteiger partial charge < -0.3 is 24.5 Å². The zero-order valence-corrected chi connectivity index (χ0v) is 26.7. The Morgan fingerprint density at radius 2 is 1.73 bits per heavy atom. The van der Waals surface area contributed by atoms with Crippen LogP contribution in [-0.4, -0.2) is 76.2 Å². The number of esters is 1. The van der Waals surface area contributed by atoms with Crippen LogP contribution in [-0.2, 0) is 19.1 Å². The lowest BCUT2D eigenvalue weighted by Crippen LogP contribution is -2.56. The average Bonchev–Trinajstić information content (AvgIpc) is 3.61. The van der Waals surface area contributed by atoms with Gasteiger partial charge in [0.05, 0.1) is 29.2 Å². The Morgan fingerprint density at radius 3 is 2.32 bits per heavy atom. The van der Waals surface area contributed by atoms with E-state index in [0.717, 1.165) is 24.3 Å². The van der Waals surface area contributed by atoms with Gasteiger partial charge in [-0.25, -0.2) is 0 Å². The van der Waals surface area contributed by atoms with Crippen molar-refractivity contribution in [1.82, 2.24) is 4.90 Å². The maximum atomic E-state index is 15.0. The Morgan fingerprint density at radius 1 is 1.07 bits per heavy atom. The highest BCUT2D eigenvalue weighted by molar-refractivity contribution is 8.02. The van der Waals surface area contributed by atoms with Crippen molar-refractivity contribution in [3.05, 3.63) is 85.5 Å². The molecule has 0 saturated carbocycles. The van der Waals surface area contributed by atoms with Crippen LogP contribution in [0.1, 0.15) is 45.2 Å². The first-order valence-corrected chi connectivity index (χ1v) is 16.3. The lowest BCUT2D eigenvalue weighted by atomic mass is 9.66. The molecule has 9 heteroatoms. The van der Waals surface area contributed by atoms with Crippen LogP contribution >= 0.6 is 11.8 Å². The molecule has 2 amide bonds. The van der Waals surface area contributed by atoms with Crippen LogP contribution in [0.25, 0.3) is 0 Å². The SMILES string of the molecule is C=CCOC(=O)[C@H]1[C@H]2C(=O)N([C@H](CO)c3ccccc3)C(C(=O)N(CC=C)c3ccc(N(CC)CC)cc3)C23CC[C@]1(C)S3. The molecule has 1 spiro atoms. The average molecular weight is 618 g/mol. The molecule has 3 heterocycles. The summed E-state index contributed by atoms with van der Waals surface area (Å²) < 4.78 is 4.14. The molecule has 0 aliphatic carbocycles. The van der Waals surface area contributed by atoms with Crippen molar-refractivity contribution in [3.63, 3.8) is 0 Å². The number of nitrogens with zero attached hydrogens (tertiary/aromatic N) is 3. The number of ether oxygens (including phenoxy) is 1. The summed E-state index contributed by atoms with van der Waals surface area (Å²) in [6.45, 7) is 15.5. The highest BCUT2D eigenvalue weighted by Crippen LogP contribution is 2.72. The van der Waals surface area contributed by atoms with Gasteiger partial charge in [0, 0.05) is 35.8 Å². The number of carbonyl (C=O) groups is 3. The summed E-state index contributed by atoms with van der Waals surface area (Å²) in [6, 6.07) is 15.5. The number of anilines is 2. The van der Waals surface area contributed by atoms with Crippen LogP contribution < -0.4 is 9.80 Å². The van der Waals surface area contributed by atoms with E-state index in [2.05, 4.69) is 31.9 Å². The molecule has 0 radical (unpaired) electrons. The number of fused-ring (bicyclic) bond motifs is 1. The van der Waals surface area contributed by atoms with Crippen molar-refractivity contribution in [1.29, 1.82) is 0 Å². The largest absolute Gasteiger partial charge is 0.461 e. The fourth-order valence-electron chi connectivity index (χ4n) is 7.63. The summed E-state index contributed by atoms with van der Waals surface area (Å²) in [6.07, 6.45) is 4.46. The van der Waals surface area contributed by atoms with Gasteiger partial charge >= 0.3 is 5.97 Å². The third kappa shape index (κ3) is 5.13. The molecule has 6 atom stereocenters. The molecule has 3 aliphatic rings. The van der Waals surface area contributed by atoms with Gasteiger partial charge in [-0.1, -0.05) is 49.1 Å². The molecular formula is C35H43N3O5S. The van der Waals surface area contributed by atoms with Gasteiger partial charge in [-0.05, 0) is 63.4 Å². The third-order valence-corrected chi connectivity index (χ3v) is 11.6. The number of hydrogen-bond donors (Lipinski definition) is 1. The molecular weight excluding hydrogens is 574 g/mol. The number of thioether (sulfide) groups is 1. The first-order chi connectivity index (χ1) is 21.2. The summed E-state index contributed by atoms with van der Waals surface area (Å²) in [5, 5.41) is 10.8. The predicted molar refractivity (Wildman–Crippen MR) is 176 cm³/mol. The quantitative estimate of drug-likeness (QED) is 0.250. The number of rotatable bonds is 13. The first kappa shape index (κ1) is 31.9. The van der Waals surface area contributed by atoms with Crippen LogP contribution in [0.3, 0.4) is 0 Å². The Balaban J connectivity index is 1.62. The van der Waals surface area contributed by atoms with Gasteiger partial charge in [0.2, 0.25) is 5.91 Å². The molecule has 3 aliphatic heterocycles. The fraction of sp³-hybridized carbons (Fsp3) is 0.457. The van der Waals surface area contributed by atoms with Gasteiger partial charge in [-0.3, -0.25) is 14.4 Å². The predicted octanol–water partition coefficient (Wildman–Crippen LogP) is 5.00. The number of benzene rings is 2. The second kappa shape index (κ2) is 12.8. The van der Waals surface area contributed by atoms with Gasteiger partial charge in [0.1, 0.15) is 12.6 Å². The van der Waals surface area contributed by atoms with Crippen molar-refractivity contribution in [2.45, 2.75) is 55.2 Å². The third-order valence-electron chi connectivity index (χ3n) is 9.61. The van der Waals surface area contributed by atoms with Gasteiger partial charge in [-0.2, -0.15) is 0 Å². The van der Waals surface area contributed by atoms with Crippen molar-refractivity contribution in [3.8, 4) is 0 Å². The van der Waals surface area contributed by atoms with E-state index in [1.165, 1.54) is 6.08 Å². The van der Waals surface area contributed by atoms with E-state index in [4.69, 9.17) is 4.74 Å². The number of amides is 2. The van der Waals surface area contributed by atoms with E-state index >= 15 is 4.79 Å². The summed E-state index contributed by atoms with van der Waals surface area (Å²) in [7, 11) is 0. The van der Waals surface area contributed by atoms with E-state index in [-0.39, 0.29) is 31.6 Å². The number of likely N-dealkylation sites (tertiary alicyclic amines) is 1. The van der Waals surface area contributed by atoms with E-state index < -0.39 is 39.4 Å². The summed E-state index contributed by atoms with van der Waals surface area (Å²) in [4.78, 5) is 48.7. The van der Waals surface area contributed by atoms with Crippen LogP contribution in [0.15, 0.2) is 79.9 Å². The molecule has 2 bridgehead atoms. The molecule has 2 unspecified atom stereocenters. The second-order valence-corrected chi connectivity index (χ2v) is 13.8. The monoisotopic (exact) mass is 617 g/mol. The van der Waals surface area contributed by atoms with Crippen molar-refractivity contribution >= 4 is 40.9 Å².